The van der Waals surface area contributed by atoms with E-state index in [-0.39, 0.29) is 17.6 Å². The molecule has 0 aromatic heterocycles. The second-order valence-corrected chi connectivity index (χ2v) is 6.05. The summed E-state index contributed by atoms with van der Waals surface area (Å²) in [5.41, 5.74) is 0.695. The van der Waals surface area contributed by atoms with Crippen LogP contribution in [0.5, 0.6) is 0 Å². The Morgan fingerprint density at radius 1 is 1.41 bits per heavy atom. The van der Waals surface area contributed by atoms with Crippen molar-refractivity contribution < 1.29 is 9.18 Å². The van der Waals surface area contributed by atoms with Crippen LogP contribution in [0.1, 0.15) is 6.42 Å². The lowest BCUT2D eigenvalue weighted by atomic mass is 10.1. The number of hydrogen-bond acceptors (Lipinski definition) is 2. The van der Waals surface area contributed by atoms with E-state index < -0.39 is 0 Å². The monoisotopic (exact) mass is 381 g/mol. The van der Waals surface area contributed by atoms with Gasteiger partial charge in [0.15, 0.2) is 0 Å². The standard InChI is InChI=1S/C11H10Br2FNOS/c12-8-2-7(14)3-9(13)11(8)15-4-6(5-17)1-10(15)16/h2-3,6,17H,1,4-5H2. The molecule has 0 aliphatic carbocycles. The summed E-state index contributed by atoms with van der Waals surface area (Å²) in [6.07, 6.45) is 0.500. The van der Waals surface area contributed by atoms with Crippen LogP contribution in [-0.2, 0) is 4.79 Å². The Kier molecular flexibility index (Phi) is 4.15. The van der Waals surface area contributed by atoms with Gasteiger partial charge in [-0.3, -0.25) is 4.79 Å². The Bertz CT molecular complexity index is 446. The van der Waals surface area contributed by atoms with Crippen LogP contribution in [0, 0.1) is 11.7 Å². The number of amides is 1. The van der Waals surface area contributed by atoms with Crippen molar-refractivity contribution in [2.45, 2.75) is 6.42 Å². The molecule has 1 aromatic rings. The first kappa shape index (κ1) is 13.4. The van der Waals surface area contributed by atoms with Crippen LogP contribution in [0.3, 0.4) is 0 Å². The molecule has 1 fully saturated rings. The van der Waals surface area contributed by atoms with Crippen LogP contribution in [-0.4, -0.2) is 18.2 Å². The molecule has 1 unspecified atom stereocenters. The SMILES string of the molecule is O=C1CC(CS)CN1c1c(Br)cc(F)cc1Br. The first-order valence-corrected chi connectivity index (χ1v) is 7.30. The fourth-order valence-corrected chi connectivity index (χ4v) is 3.72. The number of carbonyl (C=O) groups excluding carboxylic acids is 1. The average Bonchev–Trinajstić information content (AvgIpc) is 2.59. The number of hydrogen-bond donors (Lipinski definition) is 1. The number of halogens is 3. The lowest BCUT2D eigenvalue weighted by molar-refractivity contribution is -0.117. The summed E-state index contributed by atoms with van der Waals surface area (Å²) in [6, 6.07) is 2.72. The van der Waals surface area contributed by atoms with E-state index in [4.69, 9.17) is 0 Å². The van der Waals surface area contributed by atoms with Gasteiger partial charge in [-0.25, -0.2) is 4.39 Å². The number of nitrogens with zero attached hydrogens (tertiary/aromatic N) is 1. The molecule has 92 valence electrons. The van der Waals surface area contributed by atoms with E-state index in [1.54, 1.807) is 4.90 Å². The van der Waals surface area contributed by atoms with Crippen molar-refractivity contribution in [2.24, 2.45) is 5.92 Å². The predicted molar refractivity (Wildman–Crippen MR) is 76.1 cm³/mol. The fraction of sp³-hybridized carbons (Fsp3) is 0.364. The van der Waals surface area contributed by atoms with Gasteiger partial charge in [-0.05, 0) is 55.7 Å². The van der Waals surface area contributed by atoms with Crippen LogP contribution in [0.15, 0.2) is 21.1 Å². The van der Waals surface area contributed by atoms with Crippen molar-refractivity contribution in [3.05, 3.63) is 26.9 Å². The maximum Gasteiger partial charge on any atom is 0.227 e. The van der Waals surface area contributed by atoms with E-state index in [1.807, 2.05) is 0 Å². The molecule has 0 spiro atoms. The molecule has 0 bridgehead atoms. The zero-order valence-electron chi connectivity index (χ0n) is 8.79. The minimum Gasteiger partial charge on any atom is -0.310 e. The summed E-state index contributed by atoms with van der Waals surface area (Å²) in [5, 5.41) is 0. The summed E-state index contributed by atoms with van der Waals surface area (Å²) >= 11 is 10.8. The number of rotatable bonds is 2. The maximum absolute atomic E-state index is 13.2. The molecule has 0 radical (unpaired) electrons. The van der Waals surface area contributed by atoms with E-state index in [0.29, 0.717) is 33.4 Å². The minimum atomic E-state index is -0.343. The maximum atomic E-state index is 13.2. The third-order valence-corrected chi connectivity index (χ3v) is 4.44. The topological polar surface area (TPSA) is 20.3 Å². The first-order valence-electron chi connectivity index (χ1n) is 5.08. The third-order valence-electron chi connectivity index (χ3n) is 2.71. The molecule has 1 aliphatic rings. The molecule has 1 aromatic carbocycles. The van der Waals surface area contributed by atoms with E-state index in [2.05, 4.69) is 44.5 Å². The first-order chi connectivity index (χ1) is 8.02. The van der Waals surface area contributed by atoms with Gasteiger partial charge in [0.2, 0.25) is 5.91 Å². The zero-order valence-corrected chi connectivity index (χ0v) is 12.9. The summed E-state index contributed by atoms with van der Waals surface area (Å²) in [7, 11) is 0. The zero-order chi connectivity index (χ0) is 12.6. The quantitative estimate of drug-likeness (QED) is 0.774. The Morgan fingerprint density at radius 3 is 2.47 bits per heavy atom. The molecule has 1 aliphatic heterocycles. The molecule has 0 saturated carbocycles. The number of thiol groups is 1. The molecule has 17 heavy (non-hydrogen) atoms. The molecule has 2 rings (SSSR count). The molecule has 2 nitrogen and oxygen atoms in total. The third kappa shape index (κ3) is 2.69. The van der Waals surface area contributed by atoms with Gasteiger partial charge < -0.3 is 4.90 Å². The average molecular weight is 383 g/mol. The Labute approximate surface area is 121 Å². The largest absolute Gasteiger partial charge is 0.310 e. The van der Waals surface area contributed by atoms with Crippen LogP contribution in [0.2, 0.25) is 0 Å². The highest BCUT2D eigenvalue weighted by Crippen LogP contribution is 2.38. The number of anilines is 1. The van der Waals surface area contributed by atoms with Crippen molar-refractivity contribution >= 4 is 56.1 Å². The van der Waals surface area contributed by atoms with E-state index >= 15 is 0 Å². The van der Waals surface area contributed by atoms with Crippen molar-refractivity contribution in [3.63, 3.8) is 0 Å². The van der Waals surface area contributed by atoms with Gasteiger partial charge in [0.1, 0.15) is 5.82 Å². The molecular formula is C11H10Br2FNOS. The predicted octanol–water partition coefficient (Wildman–Crippen LogP) is 3.63. The highest BCUT2D eigenvalue weighted by molar-refractivity contribution is 9.11. The summed E-state index contributed by atoms with van der Waals surface area (Å²) in [4.78, 5) is 13.6. The second kappa shape index (κ2) is 5.28. The highest BCUT2D eigenvalue weighted by atomic mass is 79.9. The van der Waals surface area contributed by atoms with Crippen molar-refractivity contribution in [1.29, 1.82) is 0 Å². The molecule has 1 saturated heterocycles. The van der Waals surface area contributed by atoms with Gasteiger partial charge in [-0.1, -0.05) is 0 Å². The Balaban J connectivity index is 2.38. The van der Waals surface area contributed by atoms with Gasteiger partial charge >= 0.3 is 0 Å². The van der Waals surface area contributed by atoms with Gasteiger partial charge in [-0.2, -0.15) is 12.6 Å². The molecule has 6 heteroatoms. The lowest BCUT2D eigenvalue weighted by Crippen LogP contribution is -2.25. The molecular weight excluding hydrogens is 373 g/mol. The molecule has 1 heterocycles. The summed E-state index contributed by atoms with van der Waals surface area (Å²) in [5.74, 6) is 0.648. The van der Waals surface area contributed by atoms with Crippen molar-refractivity contribution in [1.82, 2.24) is 0 Å². The minimum absolute atomic E-state index is 0.0528. The number of carbonyl (C=O) groups is 1. The van der Waals surface area contributed by atoms with Crippen LogP contribution in [0.4, 0.5) is 10.1 Å². The summed E-state index contributed by atoms with van der Waals surface area (Å²) in [6.45, 7) is 0.630. The van der Waals surface area contributed by atoms with E-state index in [9.17, 15) is 9.18 Å². The van der Waals surface area contributed by atoms with Crippen LogP contribution < -0.4 is 4.90 Å². The number of benzene rings is 1. The van der Waals surface area contributed by atoms with Crippen LogP contribution in [0.25, 0.3) is 0 Å². The summed E-state index contributed by atoms with van der Waals surface area (Å²) < 4.78 is 14.3. The second-order valence-electron chi connectivity index (χ2n) is 3.98. The van der Waals surface area contributed by atoms with Gasteiger partial charge in [0.05, 0.1) is 5.69 Å². The van der Waals surface area contributed by atoms with E-state index in [1.165, 1.54) is 12.1 Å². The smallest absolute Gasteiger partial charge is 0.227 e. The van der Waals surface area contributed by atoms with Crippen molar-refractivity contribution in [2.75, 3.05) is 17.2 Å². The molecule has 0 N–H and O–H groups in total. The van der Waals surface area contributed by atoms with Gasteiger partial charge in [0, 0.05) is 21.9 Å². The van der Waals surface area contributed by atoms with Gasteiger partial charge in [-0.15, -0.1) is 0 Å². The Morgan fingerprint density at radius 2 is 2.00 bits per heavy atom. The van der Waals surface area contributed by atoms with Crippen molar-refractivity contribution in [3.8, 4) is 0 Å². The normalized spacial score (nSPS) is 20.1. The molecule has 1 atom stereocenters. The van der Waals surface area contributed by atoms with Gasteiger partial charge in [0.25, 0.3) is 0 Å². The molecule has 1 amide bonds. The van der Waals surface area contributed by atoms with E-state index in [0.717, 1.165) is 0 Å². The van der Waals surface area contributed by atoms with Crippen LogP contribution >= 0.6 is 44.5 Å². The Hall–Kier alpha value is -0.0700. The lowest BCUT2D eigenvalue weighted by Gasteiger charge is -2.20. The fourth-order valence-electron chi connectivity index (χ4n) is 1.91. The highest BCUT2D eigenvalue weighted by Gasteiger charge is 2.32.